The fourth-order valence-electron chi connectivity index (χ4n) is 2.22. The van der Waals surface area contributed by atoms with Crippen LogP contribution in [0, 0.1) is 0 Å². The van der Waals surface area contributed by atoms with Crippen LogP contribution < -0.4 is 10.0 Å². The number of nitrogens with one attached hydrogen (secondary N) is 2. The van der Waals surface area contributed by atoms with Crippen LogP contribution in [0.25, 0.3) is 0 Å². The van der Waals surface area contributed by atoms with Gasteiger partial charge >= 0.3 is 0 Å². The second kappa shape index (κ2) is 8.09. The Labute approximate surface area is 111 Å². The van der Waals surface area contributed by atoms with Crippen molar-refractivity contribution in [2.24, 2.45) is 0 Å². The summed E-state index contributed by atoms with van der Waals surface area (Å²) in [5.41, 5.74) is 0. The van der Waals surface area contributed by atoms with E-state index >= 15 is 0 Å². The van der Waals surface area contributed by atoms with Crippen molar-refractivity contribution < 1.29 is 8.42 Å². The van der Waals surface area contributed by atoms with E-state index in [4.69, 9.17) is 0 Å². The number of hydrogen-bond acceptors (Lipinski definition) is 4. The Hall–Kier alpha value is -0.170. The predicted octanol–water partition coefficient (Wildman–Crippen LogP) is 0.390. The summed E-state index contributed by atoms with van der Waals surface area (Å²) in [7, 11) is -1.04. The van der Waals surface area contributed by atoms with Gasteiger partial charge in [0, 0.05) is 12.6 Å². The van der Waals surface area contributed by atoms with Crippen molar-refractivity contribution >= 4 is 10.0 Å². The van der Waals surface area contributed by atoms with E-state index in [0.29, 0.717) is 19.0 Å². The average Bonchev–Trinajstić information content (AvgIpc) is 2.72. The van der Waals surface area contributed by atoms with E-state index in [2.05, 4.69) is 28.9 Å². The van der Waals surface area contributed by atoms with Gasteiger partial charge in [0.2, 0.25) is 10.0 Å². The molecule has 1 fully saturated rings. The molecule has 0 amide bonds. The number of nitrogens with zero attached hydrogens (tertiary/aromatic N) is 1. The topological polar surface area (TPSA) is 61.4 Å². The number of likely N-dealkylation sites (tertiary alicyclic amines) is 1. The monoisotopic (exact) mass is 277 g/mol. The first-order chi connectivity index (χ1) is 8.55. The Morgan fingerprint density at radius 3 is 2.72 bits per heavy atom. The average molecular weight is 277 g/mol. The minimum atomic E-state index is -3.10. The summed E-state index contributed by atoms with van der Waals surface area (Å²) in [6.45, 7) is 5.47. The molecule has 1 atom stereocenters. The zero-order chi connectivity index (χ0) is 13.4. The zero-order valence-electron chi connectivity index (χ0n) is 11.6. The fraction of sp³-hybridized carbons (Fsp3) is 1.00. The molecule has 1 unspecified atom stereocenters. The lowest BCUT2D eigenvalue weighted by Crippen LogP contribution is -2.39. The first-order valence-electron chi connectivity index (χ1n) is 6.93. The highest BCUT2D eigenvalue weighted by Gasteiger charge is 2.22. The third-order valence-corrected chi connectivity index (χ3v) is 4.84. The largest absolute Gasteiger partial charge is 0.317 e. The fourth-order valence-corrected chi connectivity index (χ4v) is 3.34. The van der Waals surface area contributed by atoms with Crippen molar-refractivity contribution in [3.63, 3.8) is 0 Å². The highest BCUT2D eigenvalue weighted by atomic mass is 32.2. The Kier molecular flexibility index (Phi) is 7.14. The maximum atomic E-state index is 11.8. The third kappa shape index (κ3) is 6.13. The molecule has 0 spiro atoms. The van der Waals surface area contributed by atoms with Gasteiger partial charge < -0.3 is 10.2 Å². The zero-order valence-corrected chi connectivity index (χ0v) is 12.4. The molecule has 108 valence electrons. The van der Waals surface area contributed by atoms with Crippen molar-refractivity contribution in [2.45, 2.75) is 38.6 Å². The van der Waals surface area contributed by atoms with Gasteiger partial charge in [0.15, 0.2) is 0 Å². The number of rotatable bonds is 9. The third-order valence-electron chi connectivity index (χ3n) is 3.40. The summed E-state index contributed by atoms with van der Waals surface area (Å²) in [6.07, 6.45) is 4.02. The van der Waals surface area contributed by atoms with E-state index in [1.165, 1.54) is 6.42 Å². The van der Waals surface area contributed by atoms with Crippen molar-refractivity contribution in [1.82, 2.24) is 14.9 Å². The molecule has 0 aromatic rings. The van der Waals surface area contributed by atoms with Crippen molar-refractivity contribution in [3.8, 4) is 0 Å². The van der Waals surface area contributed by atoms with Crippen LogP contribution in [0.5, 0.6) is 0 Å². The molecule has 1 rings (SSSR count). The van der Waals surface area contributed by atoms with E-state index in [1.807, 2.05) is 0 Å². The van der Waals surface area contributed by atoms with Gasteiger partial charge in [-0.25, -0.2) is 13.1 Å². The summed E-state index contributed by atoms with van der Waals surface area (Å²) in [5, 5.41) is 3.21. The molecule has 1 aliphatic rings. The second-order valence-corrected chi connectivity index (χ2v) is 6.97. The normalized spacial score (nSPS) is 21.6. The standard InChI is InChI=1S/C12H27N3O2S/c1-3-7-13-8-5-10-18(16,17)14-11-12-6-4-9-15(12)2/h12-14H,3-11H2,1-2H3. The van der Waals surface area contributed by atoms with E-state index in [9.17, 15) is 8.42 Å². The van der Waals surface area contributed by atoms with E-state index in [0.717, 1.165) is 32.5 Å². The molecule has 1 saturated heterocycles. The van der Waals surface area contributed by atoms with Crippen LogP contribution in [-0.4, -0.2) is 58.3 Å². The van der Waals surface area contributed by atoms with Crippen LogP contribution >= 0.6 is 0 Å². The molecule has 0 aliphatic carbocycles. The molecule has 18 heavy (non-hydrogen) atoms. The van der Waals surface area contributed by atoms with Gasteiger partial charge in [-0.3, -0.25) is 0 Å². The smallest absolute Gasteiger partial charge is 0.211 e. The second-order valence-electron chi connectivity index (χ2n) is 5.05. The van der Waals surface area contributed by atoms with Crippen LogP contribution in [0.15, 0.2) is 0 Å². The van der Waals surface area contributed by atoms with Crippen molar-refractivity contribution in [3.05, 3.63) is 0 Å². The molecule has 0 aromatic heterocycles. The molecular weight excluding hydrogens is 250 g/mol. The number of hydrogen-bond donors (Lipinski definition) is 2. The summed E-state index contributed by atoms with van der Waals surface area (Å²) in [4.78, 5) is 2.23. The molecule has 0 aromatic carbocycles. The van der Waals surface area contributed by atoms with Gasteiger partial charge in [0.1, 0.15) is 0 Å². The lowest BCUT2D eigenvalue weighted by molar-refractivity contribution is 0.311. The Morgan fingerprint density at radius 2 is 2.11 bits per heavy atom. The summed E-state index contributed by atoms with van der Waals surface area (Å²) in [5.74, 6) is 0.222. The Morgan fingerprint density at radius 1 is 1.33 bits per heavy atom. The Bertz CT molecular complexity index is 319. The summed E-state index contributed by atoms with van der Waals surface area (Å²) < 4.78 is 26.3. The van der Waals surface area contributed by atoms with Crippen molar-refractivity contribution in [1.29, 1.82) is 0 Å². The van der Waals surface area contributed by atoms with Gasteiger partial charge in [-0.1, -0.05) is 6.92 Å². The highest BCUT2D eigenvalue weighted by Crippen LogP contribution is 2.13. The van der Waals surface area contributed by atoms with Gasteiger partial charge in [-0.2, -0.15) is 0 Å². The van der Waals surface area contributed by atoms with Crippen LogP contribution in [0.1, 0.15) is 32.6 Å². The van der Waals surface area contributed by atoms with Crippen LogP contribution in [0.2, 0.25) is 0 Å². The lowest BCUT2D eigenvalue weighted by Gasteiger charge is -2.19. The minimum Gasteiger partial charge on any atom is -0.317 e. The van der Waals surface area contributed by atoms with Gasteiger partial charge in [0.05, 0.1) is 5.75 Å². The highest BCUT2D eigenvalue weighted by molar-refractivity contribution is 7.89. The van der Waals surface area contributed by atoms with Crippen LogP contribution in [0.4, 0.5) is 0 Å². The maximum Gasteiger partial charge on any atom is 0.211 e. The minimum absolute atomic E-state index is 0.222. The summed E-state index contributed by atoms with van der Waals surface area (Å²) in [6, 6.07) is 0.373. The number of sulfonamides is 1. The molecule has 5 nitrogen and oxygen atoms in total. The van der Waals surface area contributed by atoms with E-state index < -0.39 is 10.0 Å². The first kappa shape index (κ1) is 15.9. The quantitative estimate of drug-likeness (QED) is 0.599. The van der Waals surface area contributed by atoms with Crippen molar-refractivity contribution in [2.75, 3.05) is 39.0 Å². The van der Waals surface area contributed by atoms with Gasteiger partial charge in [0.25, 0.3) is 0 Å². The molecule has 6 heteroatoms. The molecule has 2 N–H and O–H groups in total. The molecule has 0 saturated carbocycles. The maximum absolute atomic E-state index is 11.8. The molecular formula is C12H27N3O2S. The first-order valence-corrected chi connectivity index (χ1v) is 8.58. The summed E-state index contributed by atoms with van der Waals surface area (Å²) >= 11 is 0. The van der Waals surface area contributed by atoms with Crippen LogP contribution in [-0.2, 0) is 10.0 Å². The predicted molar refractivity (Wildman–Crippen MR) is 75.2 cm³/mol. The molecule has 1 heterocycles. The molecule has 1 aliphatic heterocycles. The van der Waals surface area contributed by atoms with E-state index in [1.54, 1.807) is 0 Å². The Balaban J connectivity index is 2.15. The van der Waals surface area contributed by atoms with E-state index in [-0.39, 0.29) is 5.75 Å². The number of likely N-dealkylation sites (N-methyl/N-ethyl adjacent to an activating group) is 1. The van der Waals surface area contributed by atoms with Gasteiger partial charge in [-0.05, 0) is 52.4 Å². The van der Waals surface area contributed by atoms with Crippen LogP contribution in [0.3, 0.4) is 0 Å². The SMILES string of the molecule is CCCNCCCS(=O)(=O)NCC1CCCN1C. The molecule has 0 radical (unpaired) electrons. The molecule has 0 bridgehead atoms. The lowest BCUT2D eigenvalue weighted by atomic mass is 10.2. The van der Waals surface area contributed by atoms with Gasteiger partial charge in [-0.15, -0.1) is 0 Å².